The third-order valence-electron chi connectivity index (χ3n) is 6.61. The second-order valence-electron chi connectivity index (χ2n) is 9.31. The summed E-state index contributed by atoms with van der Waals surface area (Å²) >= 11 is 12.5. The lowest BCUT2D eigenvalue weighted by molar-refractivity contribution is 0.284. The Morgan fingerprint density at radius 2 is 1.77 bits per heavy atom. The molecule has 0 atom stereocenters. The Hall–Kier alpha value is -3.88. The highest BCUT2D eigenvalue weighted by atomic mass is 35.5. The number of rotatable bonds is 12. The summed E-state index contributed by atoms with van der Waals surface area (Å²) in [6.45, 7) is 3.31. The van der Waals surface area contributed by atoms with Crippen LogP contribution in [0, 0.1) is 0 Å². The first-order chi connectivity index (χ1) is 19.6. The van der Waals surface area contributed by atoms with Crippen molar-refractivity contribution in [3.63, 3.8) is 0 Å². The molecular formula is C30H30Cl2N6O2. The van der Waals surface area contributed by atoms with Crippen molar-refractivity contribution in [3.05, 3.63) is 81.8 Å². The molecule has 0 bridgehead atoms. The van der Waals surface area contributed by atoms with Crippen molar-refractivity contribution in [2.24, 2.45) is 5.10 Å². The van der Waals surface area contributed by atoms with E-state index in [1.165, 1.54) is 19.3 Å². The molecule has 0 saturated carbocycles. The maximum atomic E-state index is 6.26. The summed E-state index contributed by atoms with van der Waals surface area (Å²) in [5.74, 6) is 1.44. The second kappa shape index (κ2) is 13.0. The van der Waals surface area contributed by atoms with E-state index in [4.69, 9.17) is 37.7 Å². The predicted molar refractivity (Wildman–Crippen MR) is 162 cm³/mol. The van der Waals surface area contributed by atoms with E-state index in [-0.39, 0.29) is 6.61 Å². The molecule has 40 heavy (non-hydrogen) atoms. The van der Waals surface area contributed by atoms with E-state index in [9.17, 15) is 0 Å². The number of para-hydroxylation sites is 1. The van der Waals surface area contributed by atoms with Gasteiger partial charge in [-0.05, 0) is 48.4 Å². The summed E-state index contributed by atoms with van der Waals surface area (Å²) in [4.78, 5) is 4.76. The number of nitrogens with zero attached hydrogens (tertiary/aromatic N) is 5. The van der Waals surface area contributed by atoms with Crippen molar-refractivity contribution in [1.82, 2.24) is 19.7 Å². The van der Waals surface area contributed by atoms with E-state index in [1.807, 2.05) is 30.3 Å². The van der Waals surface area contributed by atoms with Gasteiger partial charge in [-0.25, -0.2) is 5.43 Å². The van der Waals surface area contributed by atoms with Crippen molar-refractivity contribution in [2.45, 2.75) is 45.8 Å². The number of unbranched alkanes of at least 4 members (excludes halogenated alkanes) is 3. The van der Waals surface area contributed by atoms with Crippen molar-refractivity contribution in [1.29, 1.82) is 0 Å². The number of halogens is 2. The highest BCUT2D eigenvalue weighted by Gasteiger charge is 2.14. The molecule has 1 N–H and O–H groups in total. The fourth-order valence-electron chi connectivity index (χ4n) is 4.54. The van der Waals surface area contributed by atoms with Gasteiger partial charge in [0.15, 0.2) is 17.1 Å². The summed E-state index contributed by atoms with van der Waals surface area (Å²) in [6.07, 6.45) is 6.34. The standard InChI is InChI=1S/C30H30Cl2N6O2/c1-3-4-5-8-16-38-25-13-7-6-10-21(25)28-29(38)34-30(37-35-28)36-33-18-20-14-15-26(27(17-20)39-2)40-19-22-23(31)11-9-12-24(22)32/h6-7,9-15,17-18H,3-5,8,16,19H2,1-2H3,(H,34,36,37)/b33-18+. The molecule has 0 aliphatic rings. The Morgan fingerprint density at radius 1 is 0.950 bits per heavy atom. The average Bonchev–Trinajstić information content (AvgIpc) is 3.28. The van der Waals surface area contributed by atoms with Gasteiger partial charge in [0.05, 0.1) is 18.8 Å². The van der Waals surface area contributed by atoms with E-state index < -0.39 is 0 Å². The van der Waals surface area contributed by atoms with E-state index in [0.29, 0.717) is 33.1 Å². The molecule has 0 unspecified atom stereocenters. The number of benzene rings is 3. The Kier molecular flexibility index (Phi) is 8.98. The van der Waals surface area contributed by atoms with E-state index in [0.717, 1.165) is 40.6 Å². The molecule has 3 aromatic carbocycles. The SMILES string of the molecule is CCCCCCn1c2ccccc2c2nnc(N/N=C/c3ccc(OCc4c(Cl)cccc4Cl)c(OC)c3)nc21. The number of methoxy groups -OCH3 is 1. The van der Waals surface area contributed by atoms with Gasteiger partial charge in [0.2, 0.25) is 0 Å². The van der Waals surface area contributed by atoms with Crippen molar-refractivity contribution >= 4 is 57.4 Å². The molecule has 5 rings (SSSR count). The Balaban J connectivity index is 1.31. The summed E-state index contributed by atoms with van der Waals surface area (Å²) in [5.41, 5.74) is 7.13. The molecule has 0 amide bonds. The molecule has 0 spiro atoms. The minimum atomic E-state index is 0.214. The predicted octanol–water partition coefficient (Wildman–Crippen LogP) is 7.90. The molecule has 10 heteroatoms. The minimum Gasteiger partial charge on any atom is -0.493 e. The summed E-state index contributed by atoms with van der Waals surface area (Å²) in [6, 6.07) is 19.1. The van der Waals surface area contributed by atoms with Gasteiger partial charge in [0, 0.05) is 27.5 Å². The normalized spacial score (nSPS) is 11.5. The molecule has 0 radical (unpaired) electrons. The lowest BCUT2D eigenvalue weighted by Gasteiger charge is -2.13. The van der Waals surface area contributed by atoms with E-state index >= 15 is 0 Å². The lowest BCUT2D eigenvalue weighted by Crippen LogP contribution is -2.03. The average molecular weight is 578 g/mol. The van der Waals surface area contributed by atoms with Crippen LogP contribution in [0.3, 0.4) is 0 Å². The number of aromatic nitrogens is 4. The van der Waals surface area contributed by atoms with Crippen LogP contribution in [0.5, 0.6) is 11.5 Å². The molecule has 2 heterocycles. The molecule has 0 saturated heterocycles. The zero-order valence-electron chi connectivity index (χ0n) is 22.4. The Morgan fingerprint density at radius 3 is 2.58 bits per heavy atom. The minimum absolute atomic E-state index is 0.214. The van der Waals surface area contributed by atoms with Crippen LogP contribution in [-0.2, 0) is 13.2 Å². The number of anilines is 1. The van der Waals surface area contributed by atoms with Crippen LogP contribution in [0.25, 0.3) is 22.1 Å². The number of hydrogen-bond acceptors (Lipinski definition) is 7. The second-order valence-corrected chi connectivity index (χ2v) is 10.1. The van der Waals surface area contributed by atoms with Gasteiger partial charge in [-0.15, -0.1) is 10.2 Å². The van der Waals surface area contributed by atoms with Crippen LogP contribution in [0.15, 0.2) is 65.8 Å². The molecule has 0 aliphatic heterocycles. The van der Waals surface area contributed by atoms with Crippen LogP contribution < -0.4 is 14.9 Å². The largest absolute Gasteiger partial charge is 0.493 e. The molecule has 8 nitrogen and oxygen atoms in total. The summed E-state index contributed by atoms with van der Waals surface area (Å²) in [5, 5.41) is 15.2. The van der Waals surface area contributed by atoms with Crippen LogP contribution in [0.2, 0.25) is 10.0 Å². The van der Waals surface area contributed by atoms with Gasteiger partial charge in [0.25, 0.3) is 5.95 Å². The van der Waals surface area contributed by atoms with Gasteiger partial charge in [-0.2, -0.15) is 10.1 Å². The third-order valence-corrected chi connectivity index (χ3v) is 7.32. The highest BCUT2D eigenvalue weighted by Crippen LogP contribution is 2.31. The van der Waals surface area contributed by atoms with Gasteiger partial charge < -0.3 is 14.0 Å². The van der Waals surface area contributed by atoms with Crippen LogP contribution in [0.4, 0.5) is 5.95 Å². The van der Waals surface area contributed by atoms with Crippen LogP contribution in [0.1, 0.15) is 43.7 Å². The quantitative estimate of drug-likeness (QED) is 0.0922. The Labute approximate surface area is 242 Å². The maximum absolute atomic E-state index is 6.26. The fourth-order valence-corrected chi connectivity index (χ4v) is 5.05. The highest BCUT2D eigenvalue weighted by molar-refractivity contribution is 6.35. The molecule has 0 fully saturated rings. The molecule has 2 aromatic heterocycles. The van der Waals surface area contributed by atoms with Crippen LogP contribution in [-0.4, -0.2) is 33.1 Å². The first kappa shape index (κ1) is 27.7. The zero-order chi connectivity index (χ0) is 27.9. The number of hydrogen-bond donors (Lipinski definition) is 1. The number of nitrogens with one attached hydrogen (secondary N) is 1. The fraction of sp³-hybridized carbons (Fsp3) is 0.267. The smallest absolute Gasteiger partial charge is 0.265 e. The first-order valence-corrected chi connectivity index (χ1v) is 14.0. The number of aryl methyl sites for hydroxylation is 1. The van der Waals surface area contributed by atoms with Gasteiger partial charge >= 0.3 is 0 Å². The Bertz CT molecular complexity index is 1630. The summed E-state index contributed by atoms with van der Waals surface area (Å²) < 4.78 is 13.7. The summed E-state index contributed by atoms with van der Waals surface area (Å²) in [7, 11) is 1.58. The van der Waals surface area contributed by atoms with Crippen molar-refractivity contribution < 1.29 is 9.47 Å². The van der Waals surface area contributed by atoms with Gasteiger partial charge in [0.1, 0.15) is 12.1 Å². The van der Waals surface area contributed by atoms with Crippen molar-refractivity contribution in [2.75, 3.05) is 12.5 Å². The maximum Gasteiger partial charge on any atom is 0.265 e. The number of hydrazone groups is 1. The lowest BCUT2D eigenvalue weighted by atomic mass is 10.2. The van der Waals surface area contributed by atoms with Crippen LogP contribution >= 0.6 is 23.2 Å². The van der Waals surface area contributed by atoms with Crippen molar-refractivity contribution in [3.8, 4) is 11.5 Å². The topological polar surface area (TPSA) is 86.5 Å². The molecule has 0 aliphatic carbocycles. The van der Waals surface area contributed by atoms with Gasteiger partial charge in [-0.1, -0.05) is 73.7 Å². The van der Waals surface area contributed by atoms with E-state index in [2.05, 4.69) is 44.3 Å². The molecular weight excluding hydrogens is 547 g/mol. The third kappa shape index (κ3) is 6.13. The van der Waals surface area contributed by atoms with Gasteiger partial charge in [-0.3, -0.25) is 0 Å². The molecule has 5 aromatic rings. The monoisotopic (exact) mass is 576 g/mol. The number of ether oxygens (including phenoxy) is 2. The van der Waals surface area contributed by atoms with E-state index in [1.54, 1.807) is 31.5 Å². The number of fused-ring (bicyclic) bond motifs is 3. The zero-order valence-corrected chi connectivity index (χ0v) is 23.9. The molecule has 206 valence electrons. The first-order valence-electron chi connectivity index (χ1n) is 13.2.